The molecule has 0 saturated carbocycles. The van der Waals surface area contributed by atoms with Crippen molar-refractivity contribution in [2.75, 3.05) is 13.1 Å². The summed E-state index contributed by atoms with van der Waals surface area (Å²) in [6, 6.07) is 5.41. The van der Waals surface area contributed by atoms with Crippen LogP contribution in [0.4, 0.5) is 4.79 Å². The van der Waals surface area contributed by atoms with Gasteiger partial charge in [0, 0.05) is 13.0 Å². The standard InChI is InChI=1S/C17H22N2O4/c1-11(2)13-7-6-12(3)9-14(13)23-16(21)5-4-8-19-15(20)10-18-17(19)22/h6-7,9,11H,4-5,8,10H2,1-3H3,(H,18,22). The van der Waals surface area contributed by atoms with Crippen LogP contribution in [0.15, 0.2) is 18.2 Å². The number of hydrogen-bond acceptors (Lipinski definition) is 4. The number of rotatable bonds is 6. The van der Waals surface area contributed by atoms with E-state index in [1.54, 1.807) is 0 Å². The molecule has 1 saturated heterocycles. The molecule has 2 rings (SSSR count). The topological polar surface area (TPSA) is 75.7 Å². The van der Waals surface area contributed by atoms with Crippen molar-refractivity contribution in [1.82, 2.24) is 10.2 Å². The van der Waals surface area contributed by atoms with Crippen LogP contribution in [0, 0.1) is 6.92 Å². The van der Waals surface area contributed by atoms with Gasteiger partial charge in [0.25, 0.3) is 0 Å². The molecule has 0 bridgehead atoms. The predicted molar refractivity (Wildman–Crippen MR) is 85.2 cm³/mol. The Morgan fingerprint density at radius 2 is 2.09 bits per heavy atom. The van der Waals surface area contributed by atoms with Crippen molar-refractivity contribution in [3.8, 4) is 5.75 Å². The largest absolute Gasteiger partial charge is 0.426 e. The highest BCUT2D eigenvalue weighted by Gasteiger charge is 2.27. The Morgan fingerprint density at radius 3 is 2.70 bits per heavy atom. The number of esters is 1. The second-order valence-corrected chi connectivity index (χ2v) is 5.98. The van der Waals surface area contributed by atoms with Crippen molar-refractivity contribution in [2.24, 2.45) is 0 Å². The van der Waals surface area contributed by atoms with Crippen molar-refractivity contribution < 1.29 is 19.1 Å². The molecule has 1 heterocycles. The average Bonchev–Trinajstić information content (AvgIpc) is 2.78. The zero-order valence-corrected chi connectivity index (χ0v) is 13.7. The number of nitrogens with zero attached hydrogens (tertiary/aromatic N) is 1. The van der Waals surface area contributed by atoms with Crippen molar-refractivity contribution in [3.05, 3.63) is 29.3 Å². The minimum Gasteiger partial charge on any atom is -0.426 e. The van der Waals surface area contributed by atoms with Crippen LogP contribution in [0.1, 0.15) is 43.7 Å². The molecule has 23 heavy (non-hydrogen) atoms. The van der Waals surface area contributed by atoms with Gasteiger partial charge in [-0.1, -0.05) is 26.0 Å². The SMILES string of the molecule is Cc1ccc(C(C)C)c(OC(=O)CCCN2C(=O)CNC2=O)c1. The molecular formula is C17H22N2O4. The van der Waals surface area contributed by atoms with E-state index in [1.807, 2.05) is 39.0 Å². The molecule has 0 aromatic heterocycles. The summed E-state index contributed by atoms with van der Waals surface area (Å²) in [5.74, 6) is 0.220. The number of amides is 3. The van der Waals surface area contributed by atoms with Crippen LogP contribution in [0.2, 0.25) is 0 Å². The monoisotopic (exact) mass is 318 g/mol. The van der Waals surface area contributed by atoms with Crippen LogP contribution in [-0.2, 0) is 9.59 Å². The van der Waals surface area contributed by atoms with Crippen LogP contribution in [0.3, 0.4) is 0 Å². The maximum atomic E-state index is 12.0. The number of hydrogen-bond donors (Lipinski definition) is 1. The van der Waals surface area contributed by atoms with E-state index in [4.69, 9.17) is 4.74 Å². The molecule has 0 atom stereocenters. The highest BCUT2D eigenvalue weighted by Crippen LogP contribution is 2.27. The Balaban J connectivity index is 1.89. The molecule has 3 amide bonds. The van der Waals surface area contributed by atoms with E-state index < -0.39 is 6.03 Å². The summed E-state index contributed by atoms with van der Waals surface area (Å²) < 4.78 is 5.46. The Bertz CT molecular complexity index is 609. The summed E-state index contributed by atoms with van der Waals surface area (Å²) in [5.41, 5.74) is 2.01. The zero-order chi connectivity index (χ0) is 17.0. The van der Waals surface area contributed by atoms with Gasteiger partial charge in [-0.25, -0.2) is 4.79 Å². The molecule has 0 radical (unpaired) electrons. The van der Waals surface area contributed by atoms with E-state index >= 15 is 0 Å². The fourth-order valence-electron chi connectivity index (χ4n) is 2.44. The maximum absolute atomic E-state index is 12.0. The third kappa shape index (κ3) is 4.31. The number of aryl methyl sites for hydroxylation is 1. The number of benzene rings is 1. The van der Waals surface area contributed by atoms with Gasteiger partial charge in [0.1, 0.15) is 5.75 Å². The van der Waals surface area contributed by atoms with Gasteiger partial charge in [0.05, 0.1) is 6.54 Å². The summed E-state index contributed by atoms with van der Waals surface area (Å²) in [5, 5.41) is 2.44. The highest BCUT2D eigenvalue weighted by atomic mass is 16.5. The van der Waals surface area contributed by atoms with Gasteiger partial charge in [-0.05, 0) is 36.5 Å². The molecule has 6 nitrogen and oxygen atoms in total. The molecule has 6 heteroatoms. The van der Waals surface area contributed by atoms with Gasteiger partial charge in [-0.3, -0.25) is 14.5 Å². The summed E-state index contributed by atoms with van der Waals surface area (Å²) in [7, 11) is 0. The van der Waals surface area contributed by atoms with Gasteiger partial charge in [-0.2, -0.15) is 0 Å². The van der Waals surface area contributed by atoms with Crippen LogP contribution in [0.25, 0.3) is 0 Å². The first kappa shape index (κ1) is 17.0. The van der Waals surface area contributed by atoms with Crippen LogP contribution in [0.5, 0.6) is 5.75 Å². The molecular weight excluding hydrogens is 296 g/mol. The number of ether oxygens (including phenoxy) is 1. The van der Waals surface area contributed by atoms with Crippen molar-refractivity contribution >= 4 is 17.9 Å². The van der Waals surface area contributed by atoms with E-state index in [-0.39, 0.29) is 37.3 Å². The molecule has 1 aliphatic rings. The Kier molecular flexibility index (Phi) is 5.36. The van der Waals surface area contributed by atoms with E-state index in [1.165, 1.54) is 0 Å². The molecule has 1 N–H and O–H groups in total. The first-order valence-electron chi connectivity index (χ1n) is 7.78. The smallest absolute Gasteiger partial charge is 0.324 e. The number of carbonyl (C=O) groups excluding carboxylic acids is 3. The van der Waals surface area contributed by atoms with Gasteiger partial charge in [0.15, 0.2) is 0 Å². The van der Waals surface area contributed by atoms with E-state index in [0.29, 0.717) is 12.2 Å². The van der Waals surface area contributed by atoms with Crippen LogP contribution in [-0.4, -0.2) is 35.9 Å². The van der Waals surface area contributed by atoms with E-state index in [9.17, 15) is 14.4 Å². The third-order valence-electron chi connectivity index (χ3n) is 3.71. The lowest BCUT2D eigenvalue weighted by Crippen LogP contribution is -2.32. The van der Waals surface area contributed by atoms with Crippen molar-refractivity contribution in [3.63, 3.8) is 0 Å². The summed E-state index contributed by atoms with van der Waals surface area (Å²) >= 11 is 0. The molecule has 0 aliphatic carbocycles. The third-order valence-corrected chi connectivity index (χ3v) is 3.71. The Hall–Kier alpha value is -2.37. The molecule has 1 aromatic carbocycles. The molecule has 1 aromatic rings. The first-order chi connectivity index (χ1) is 10.9. The van der Waals surface area contributed by atoms with Crippen LogP contribution < -0.4 is 10.1 Å². The molecule has 1 fully saturated rings. The summed E-state index contributed by atoms with van der Waals surface area (Å²) in [4.78, 5) is 36.0. The lowest BCUT2D eigenvalue weighted by molar-refractivity contribution is -0.135. The van der Waals surface area contributed by atoms with Gasteiger partial charge < -0.3 is 10.1 Å². The van der Waals surface area contributed by atoms with Crippen molar-refractivity contribution in [1.29, 1.82) is 0 Å². The average molecular weight is 318 g/mol. The lowest BCUT2D eigenvalue weighted by atomic mass is 10.0. The zero-order valence-electron chi connectivity index (χ0n) is 13.7. The number of carbonyl (C=O) groups is 3. The quantitative estimate of drug-likeness (QED) is 0.496. The normalized spacial score (nSPS) is 14.3. The van der Waals surface area contributed by atoms with Crippen LogP contribution >= 0.6 is 0 Å². The Labute approximate surface area is 135 Å². The summed E-state index contributed by atoms with van der Waals surface area (Å²) in [6.45, 7) is 6.28. The predicted octanol–water partition coefficient (Wildman–Crippen LogP) is 2.36. The second kappa shape index (κ2) is 7.26. The fourth-order valence-corrected chi connectivity index (χ4v) is 2.44. The minimum atomic E-state index is -0.399. The number of urea groups is 1. The van der Waals surface area contributed by atoms with E-state index in [0.717, 1.165) is 16.0 Å². The van der Waals surface area contributed by atoms with Crippen molar-refractivity contribution in [2.45, 2.75) is 39.5 Å². The highest BCUT2D eigenvalue weighted by molar-refractivity contribution is 6.01. The molecule has 124 valence electrons. The first-order valence-corrected chi connectivity index (χ1v) is 7.78. The maximum Gasteiger partial charge on any atom is 0.324 e. The minimum absolute atomic E-state index is 0.0321. The number of imide groups is 1. The lowest BCUT2D eigenvalue weighted by Gasteiger charge is -2.14. The molecule has 0 spiro atoms. The Morgan fingerprint density at radius 1 is 1.35 bits per heavy atom. The van der Waals surface area contributed by atoms with E-state index in [2.05, 4.69) is 5.32 Å². The van der Waals surface area contributed by atoms with Gasteiger partial charge >= 0.3 is 12.0 Å². The van der Waals surface area contributed by atoms with Gasteiger partial charge in [0.2, 0.25) is 5.91 Å². The second-order valence-electron chi connectivity index (χ2n) is 5.98. The number of nitrogens with one attached hydrogen (secondary N) is 1. The molecule has 1 aliphatic heterocycles. The summed E-state index contributed by atoms with van der Waals surface area (Å²) in [6.07, 6.45) is 0.545. The molecule has 0 unspecified atom stereocenters. The fraction of sp³-hybridized carbons (Fsp3) is 0.471. The van der Waals surface area contributed by atoms with Gasteiger partial charge in [-0.15, -0.1) is 0 Å².